The van der Waals surface area contributed by atoms with E-state index in [0.717, 1.165) is 5.69 Å². The number of hydrogen-bond acceptors (Lipinski definition) is 4. The fourth-order valence-electron chi connectivity index (χ4n) is 1.18. The molecule has 0 aliphatic carbocycles. The Hall–Kier alpha value is -2.11. The van der Waals surface area contributed by atoms with Crippen molar-refractivity contribution in [3.63, 3.8) is 0 Å². The van der Waals surface area contributed by atoms with E-state index in [4.69, 9.17) is 0 Å². The van der Waals surface area contributed by atoms with E-state index in [-0.39, 0.29) is 5.69 Å². The van der Waals surface area contributed by atoms with Crippen LogP contribution in [0.2, 0.25) is 0 Å². The molecule has 0 unspecified atom stereocenters. The second-order valence-electron chi connectivity index (χ2n) is 2.79. The Kier molecular flexibility index (Phi) is 1.81. The van der Waals surface area contributed by atoms with E-state index < -0.39 is 5.97 Å². The summed E-state index contributed by atoms with van der Waals surface area (Å²) in [6.07, 6.45) is 1.61. The van der Waals surface area contributed by atoms with Crippen LogP contribution in [-0.2, 0) is 7.05 Å². The highest BCUT2D eigenvalue weighted by Gasteiger charge is 2.07. The van der Waals surface area contributed by atoms with E-state index in [0.29, 0.717) is 5.69 Å². The quantitative estimate of drug-likeness (QED) is 0.671. The van der Waals surface area contributed by atoms with Gasteiger partial charge in [0.1, 0.15) is 5.69 Å². The third-order valence-corrected chi connectivity index (χ3v) is 1.88. The first-order valence-electron chi connectivity index (χ1n) is 3.93. The van der Waals surface area contributed by atoms with Crippen molar-refractivity contribution < 1.29 is 9.90 Å². The van der Waals surface area contributed by atoms with Crippen molar-refractivity contribution in [2.45, 2.75) is 0 Å². The van der Waals surface area contributed by atoms with Gasteiger partial charge in [-0.25, -0.2) is 0 Å². The summed E-state index contributed by atoms with van der Waals surface area (Å²) in [6.45, 7) is 0. The molecule has 0 aliphatic heterocycles. The summed E-state index contributed by atoms with van der Waals surface area (Å²) in [5.74, 6) is -1.27. The van der Waals surface area contributed by atoms with Gasteiger partial charge in [-0.15, -0.1) is 0 Å². The van der Waals surface area contributed by atoms with Gasteiger partial charge in [-0.2, -0.15) is 10.2 Å². The van der Waals surface area contributed by atoms with Crippen molar-refractivity contribution in [1.29, 1.82) is 0 Å². The van der Waals surface area contributed by atoms with E-state index in [1.54, 1.807) is 24.0 Å². The summed E-state index contributed by atoms with van der Waals surface area (Å²) < 4.78 is 1.61. The van der Waals surface area contributed by atoms with Crippen molar-refractivity contribution in [1.82, 2.24) is 20.0 Å². The van der Waals surface area contributed by atoms with Crippen molar-refractivity contribution >= 4 is 5.97 Å². The van der Waals surface area contributed by atoms with Crippen LogP contribution in [0.25, 0.3) is 11.4 Å². The van der Waals surface area contributed by atoms with Gasteiger partial charge in [0.05, 0.1) is 17.4 Å². The first kappa shape index (κ1) is 8.49. The van der Waals surface area contributed by atoms with E-state index in [2.05, 4.69) is 15.3 Å². The summed E-state index contributed by atoms with van der Waals surface area (Å²) in [5.41, 5.74) is 1.24. The summed E-state index contributed by atoms with van der Waals surface area (Å²) in [6, 6.07) is 3.15. The molecule has 0 fully saturated rings. The second kappa shape index (κ2) is 2.99. The number of carbonyl (C=O) groups is 1. The number of nitrogens with one attached hydrogen (secondary N) is 1. The smallest absolute Gasteiger partial charge is 0.111 e. The second-order valence-corrected chi connectivity index (χ2v) is 2.79. The molecule has 0 saturated heterocycles. The number of carboxylic acids is 1. The molecular formula is C8H7N4O2-. The maximum Gasteiger partial charge on any atom is 0.111 e. The molecule has 2 rings (SSSR count). The Morgan fingerprint density at radius 2 is 2.43 bits per heavy atom. The van der Waals surface area contributed by atoms with Crippen LogP contribution in [0, 0.1) is 0 Å². The molecule has 0 atom stereocenters. The minimum atomic E-state index is -1.27. The first-order chi connectivity index (χ1) is 6.68. The number of aromatic carboxylic acids is 1. The number of rotatable bonds is 2. The third kappa shape index (κ3) is 1.26. The highest BCUT2D eigenvalue weighted by Crippen LogP contribution is 2.15. The fraction of sp³-hybridized carbons (Fsp3) is 0.125. The fourth-order valence-corrected chi connectivity index (χ4v) is 1.18. The molecule has 6 nitrogen and oxygen atoms in total. The van der Waals surface area contributed by atoms with Gasteiger partial charge in [-0.05, 0) is 12.1 Å². The van der Waals surface area contributed by atoms with Crippen LogP contribution in [0.15, 0.2) is 18.3 Å². The highest BCUT2D eigenvalue weighted by molar-refractivity contribution is 5.84. The third-order valence-electron chi connectivity index (χ3n) is 1.88. The van der Waals surface area contributed by atoms with Gasteiger partial charge in [0.15, 0.2) is 0 Å². The normalized spacial score (nSPS) is 10.4. The van der Waals surface area contributed by atoms with Gasteiger partial charge < -0.3 is 9.90 Å². The lowest BCUT2D eigenvalue weighted by molar-refractivity contribution is -0.255. The Morgan fingerprint density at radius 1 is 1.64 bits per heavy atom. The molecule has 0 saturated carbocycles. The molecule has 6 heteroatoms. The van der Waals surface area contributed by atoms with E-state index in [1.807, 2.05) is 0 Å². The standard InChI is InChI=1S/C8H8N4O2/c1-12-7(2-3-9-12)5-4-6(8(13)14)11-10-5/h2-4H,1H3,(H,10,11)(H,13,14)/p-1. The molecule has 0 bridgehead atoms. The van der Waals surface area contributed by atoms with Crippen molar-refractivity contribution in [3.8, 4) is 11.4 Å². The predicted molar refractivity (Wildman–Crippen MR) is 45.1 cm³/mol. The zero-order valence-corrected chi connectivity index (χ0v) is 7.39. The average molecular weight is 191 g/mol. The monoisotopic (exact) mass is 191 g/mol. The SMILES string of the molecule is Cn1nccc1-c1cc(C(=O)[O-])[nH]n1. The molecule has 0 amide bonds. The summed E-state index contributed by atoms with van der Waals surface area (Å²) >= 11 is 0. The topological polar surface area (TPSA) is 86.6 Å². The minimum absolute atomic E-state index is 0.0406. The highest BCUT2D eigenvalue weighted by atomic mass is 16.4. The lowest BCUT2D eigenvalue weighted by Crippen LogP contribution is -2.22. The maximum absolute atomic E-state index is 10.5. The number of nitrogens with zero attached hydrogens (tertiary/aromatic N) is 3. The van der Waals surface area contributed by atoms with Crippen molar-refractivity contribution in [3.05, 3.63) is 24.0 Å². The summed E-state index contributed by atoms with van der Waals surface area (Å²) in [7, 11) is 1.75. The molecular weight excluding hydrogens is 184 g/mol. The zero-order chi connectivity index (χ0) is 10.1. The molecule has 72 valence electrons. The molecule has 0 aliphatic rings. The van der Waals surface area contributed by atoms with Crippen LogP contribution in [0.3, 0.4) is 0 Å². The average Bonchev–Trinajstić information content (AvgIpc) is 2.71. The lowest BCUT2D eigenvalue weighted by atomic mass is 10.3. The van der Waals surface area contributed by atoms with Crippen LogP contribution in [0.4, 0.5) is 0 Å². The van der Waals surface area contributed by atoms with Crippen LogP contribution < -0.4 is 5.11 Å². The molecule has 14 heavy (non-hydrogen) atoms. The lowest BCUT2D eigenvalue weighted by Gasteiger charge is -1.95. The summed E-state index contributed by atoms with van der Waals surface area (Å²) in [5, 5.41) is 20.6. The Bertz CT molecular complexity index is 471. The van der Waals surface area contributed by atoms with Gasteiger partial charge in [0.25, 0.3) is 0 Å². The van der Waals surface area contributed by atoms with E-state index in [1.165, 1.54) is 6.07 Å². The van der Waals surface area contributed by atoms with Gasteiger partial charge in [0.2, 0.25) is 0 Å². The van der Waals surface area contributed by atoms with Crippen LogP contribution in [0.1, 0.15) is 10.5 Å². The number of carboxylic acid groups (broad SMARTS) is 1. The predicted octanol–water partition coefficient (Wildman–Crippen LogP) is -0.826. The van der Waals surface area contributed by atoms with Crippen LogP contribution in [0.5, 0.6) is 0 Å². The van der Waals surface area contributed by atoms with Gasteiger partial charge in [-0.1, -0.05) is 0 Å². The molecule has 1 N–H and O–H groups in total. The summed E-state index contributed by atoms with van der Waals surface area (Å²) in [4.78, 5) is 10.5. The van der Waals surface area contributed by atoms with E-state index in [9.17, 15) is 9.90 Å². The Morgan fingerprint density at radius 3 is 2.93 bits per heavy atom. The largest absolute Gasteiger partial charge is 0.543 e. The maximum atomic E-state index is 10.5. The molecule has 0 spiro atoms. The molecule has 2 aromatic rings. The Labute approximate surface area is 79.2 Å². The first-order valence-corrected chi connectivity index (χ1v) is 3.93. The molecule has 0 aromatic carbocycles. The van der Waals surface area contributed by atoms with Crippen LogP contribution in [-0.4, -0.2) is 25.9 Å². The van der Waals surface area contributed by atoms with E-state index >= 15 is 0 Å². The molecule has 2 aromatic heterocycles. The zero-order valence-electron chi connectivity index (χ0n) is 7.39. The molecule has 2 heterocycles. The Balaban J connectivity index is 2.43. The van der Waals surface area contributed by atoms with Gasteiger partial charge >= 0.3 is 0 Å². The van der Waals surface area contributed by atoms with Crippen molar-refractivity contribution in [2.75, 3.05) is 0 Å². The molecule has 0 radical (unpaired) electrons. The number of carbonyl (C=O) groups excluding carboxylic acids is 1. The number of aryl methyl sites for hydroxylation is 1. The number of H-pyrrole nitrogens is 1. The van der Waals surface area contributed by atoms with Gasteiger partial charge in [-0.3, -0.25) is 9.78 Å². The number of aromatic amines is 1. The number of aromatic nitrogens is 4. The van der Waals surface area contributed by atoms with Crippen LogP contribution >= 0.6 is 0 Å². The van der Waals surface area contributed by atoms with Crippen molar-refractivity contribution in [2.24, 2.45) is 7.05 Å². The van der Waals surface area contributed by atoms with Gasteiger partial charge in [0, 0.05) is 13.2 Å². The number of hydrogen-bond donors (Lipinski definition) is 1. The minimum Gasteiger partial charge on any atom is -0.543 e.